The van der Waals surface area contributed by atoms with Crippen molar-refractivity contribution in [1.82, 2.24) is 15.5 Å². The van der Waals surface area contributed by atoms with E-state index in [1.165, 1.54) is 0 Å². The van der Waals surface area contributed by atoms with Gasteiger partial charge in [-0.05, 0) is 41.5 Å². The van der Waals surface area contributed by atoms with Crippen LogP contribution >= 0.6 is 0 Å². The molecule has 12 nitrogen and oxygen atoms in total. The summed E-state index contributed by atoms with van der Waals surface area (Å²) in [6.45, 7) is 10.4. The second-order valence-electron chi connectivity index (χ2n) is 9.67. The Morgan fingerprint density at radius 1 is 1.09 bits per heavy atom. The Morgan fingerprint density at radius 3 is 2.12 bits per heavy atom. The van der Waals surface area contributed by atoms with Gasteiger partial charge in [0.15, 0.2) is 6.23 Å². The Bertz CT molecular complexity index is 701. The van der Waals surface area contributed by atoms with Gasteiger partial charge in [0.2, 0.25) is 11.8 Å². The predicted molar refractivity (Wildman–Crippen MR) is 115 cm³/mol. The molecule has 7 N–H and O–H groups in total. The van der Waals surface area contributed by atoms with Crippen molar-refractivity contribution in [2.75, 3.05) is 13.1 Å². The summed E-state index contributed by atoms with van der Waals surface area (Å²) in [5, 5.41) is 16.2. The van der Waals surface area contributed by atoms with Gasteiger partial charge in [0.05, 0.1) is 18.5 Å². The van der Waals surface area contributed by atoms with Crippen LogP contribution in [0.1, 0.15) is 54.4 Å². The monoisotopic (exact) mass is 459 g/mol. The third-order valence-corrected chi connectivity index (χ3v) is 4.33. The van der Waals surface area contributed by atoms with Crippen LogP contribution in [-0.2, 0) is 23.9 Å². The summed E-state index contributed by atoms with van der Waals surface area (Å²) in [5.41, 5.74) is 8.94. The lowest BCUT2D eigenvalue weighted by atomic mass is 10.1. The topological polar surface area (TPSA) is 186 Å². The molecule has 1 fully saturated rings. The number of carbonyl (C=O) groups is 4. The van der Waals surface area contributed by atoms with Crippen LogP contribution in [0.3, 0.4) is 0 Å². The largest absolute Gasteiger partial charge is 0.458 e. The molecule has 1 unspecified atom stereocenters. The predicted octanol–water partition coefficient (Wildman–Crippen LogP) is -1.07. The summed E-state index contributed by atoms with van der Waals surface area (Å²) in [4.78, 5) is 50.4. The quantitative estimate of drug-likeness (QED) is 0.282. The van der Waals surface area contributed by atoms with Crippen molar-refractivity contribution in [3.63, 3.8) is 0 Å². The number of nitrogens with two attached hydrogens (primary N) is 2. The number of rotatable bonds is 8. The average molecular weight is 460 g/mol. The van der Waals surface area contributed by atoms with E-state index in [4.69, 9.17) is 20.9 Å². The van der Waals surface area contributed by atoms with Crippen LogP contribution in [0.15, 0.2) is 0 Å². The van der Waals surface area contributed by atoms with E-state index in [2.05, 4.69) is 10.6 Å². The van der Waals surface area contributed by atoms with Crippen LogP contribution in [-0.4, -0.2) is 82.5 Å². The molecule has 4 atom stereocenters. The van der Waals surface area contributed by atoms with E-state index < -0.39 is 59.4 Å². The number of aliphatic hydroxyl groups excluding tert-OH is 1. The number of ether oxygens (including phenoxy) is 2. The maximum absolute atomic E-state index is 12.8. The molecular formula is C20H37N5O7. The minimum Gasteiger partial charge on any atom is -0.458 e. The lowest BCUT2D eigenvalue weighted by Crippen LogP contribution is -2.54. The molecule has 1 heterocycles. The second-order valence-corrected chi connectivity index (χ2v) is 9.67. The first kappa shape index (κ1) is 27.6. The van der Waals surface area contributed by atoms with Crippen molar-refractivity contribution in [2.45, 2.75) is 89.9 Å². The lowest BCUT2D eigenvalue weighted by Gasteiger charge is -2.31. The van der Waals surface area contributed by atoms with Gasteiger partial charge in [0.25, 0.3) is 0 Å². The van der Waals surface area contributed by atoms with Crippen LogP contribution in [0.2, 0.25) is 0 Å². The molecule has 12 heteroatoms. The molecule has 0 radical (unpaired) electrons. The lowest BCUT2D eigenvalue weighted by molar-refractivity contribution is -0.162. The van der Waals surface area contributed by atoms with Gasteiger partial charge in [-0.15, -0.1) is 0 Å². The van der Waals surface area contributed by atoms with Crippen molar-refractivity contribution < 1.29 is 33.8 Å². The van der Waals surface area contributed by atoms with Crippen LogP contribution in [0.5, 0.6) is 0 Å². The first-order valence-electron chi connectivity index (χ1n) is 10.5. The van der Waals surface area contributed by atoms with Gasteiger partial charge in [-0.2, -0.15) is 0 Å². The van der Waals surface area contributed by atoms with E-state index in [1.807, 2.05) is 0 Å². The molecule has 1 rings (SSSR count). The molecule has 3 amide bonds. The number of nitrogens with one attached hydrogen (secondary N) is 2. The van der Waals surface area contributed by atoms with Crippen LogP contribution in [0.25, 0.3) is 0 Å². The molecule has 184 valence electrons. The molecule has 0 aromatic heterocycles. The van der Waals surface area contributed by atoms with Gasteiger partial charge < -0.3 is 36.7 Å². The van der Waals surface area contributed by atoms with E-state index in [0.29, 0.717) is 0 Å². The first-order valence-corrected chi connectivity index (χ1v) is 10.5. The van der Waals surface area contributed by atoms with E-state index in [0.717, 1.165) is 4.90 Å². The highest BCUT2D eigenvalue weighted by Crippen LogP contribution is 2.28. The fourth-order valence-corrected chi connectivity index (χ4v) is 3.12. The number of nitrogens with zero attached hydrogens (tertiary/aromatic N) is 1. The van der Waals surface area contributed by atoms with E-state index in [-0.39, 0.29) is 25.9 Å². The Kier molecular flexibility index (Phi) is 9.42. The molecule has 32 heavy (non-hydrogen) atoms. The van der Waals surface area contributed by atoms with Crippen LogP contribution < -0.4 is 22.1 Å². The van der Waals surface area contributed by atoms with Crippen molar-refractivity contribution >= 4 is 23.9 Å². The number of hydrogen-bond acceptors (Lipinski definition) is 9. The molecule has 0 saturated carbocycles. The smallest absolute Gasteiger partial charge is 0.413 e. The van der Waals surface area contributed by atoms with Gasteiger partial charge in [-0.25, -0.2) is 9.59 Å². The molecule has 1 aliphatic heterocycles. The van der Waals surface area contributed by atoms with Gasteiger partial charge in [0, 0.05) is 19.5 Å². The second kappa shape index (κ2) is 10.9. The molecule has 0 aromatic carbocycles. The zero-order valence-corrected chi connectivity index (χ0v) is 19.6. The molecule has 1 aliphatic rings. The average Bonchev–Trinajstić information content (AvgIpc) is 2.92. The Hall–Kier alpha value is -2.44. The third kappa shape index (κ3) is 8.60. The van der Waals surface area contributed by atoms with Gasteiger partial charge in [-0.3, -0.25) is 14.5 Å². The zero-order chi connectivity index (χ0) is 24.9. The Labute approximate surface area is 188 Å². The molecular weight excluding hydrogens is 422 g/mol. The van der Waals surface area contributed by atoms with Crippen molar-refractivity contribution in [3.05, 3.63) is 0 Å². The van der Waals surface area contributed by atoms with Gasteiger partial charge >= 0.3 is 12.1 Å². The Morgan fingerprint density at radius 2 is 1.66 bits per heavy atom. The normalized spacial score (nSPS) is 22.2. The summed E-state index contributed by atoms with van der Waals surface area (Å²) < 4.78 is 10.7. The summed E-state index contributed by atoms with van der Waals surface area (Å²) in [6, 6.07) is -3.18. The number of hydrogen-bond donors (Lipinski definition) is 5. The van der Waals surface area contributed by atoms with Crippen LogP contribution in [0, 0.1) is 0 Å². The fourth-order valence-electron chi connectivity index (χ4n) is 3.12. The number of amides is 3. The third-order valence-electron chi connectivity index (χ3n) is 4.33. The molecule has 0 aromatic rings. The standard InChI is InChI=1S/C20H37N5O7/c1-19(2,3)31-17(29)13-9-12(16(28)25(13)18(30)32-20(4,5)6)24-15(27)11(10-14(22)26)23-8-7-21/h11-13,16,23,28H,7-10,21H2,1-6H3,(H2,22,26)(H,24,27)/t11-,12+,13-,16?/m0/s1. The number of aliphatic hydroxyl groups is 1. The molecule has 0 bridgehead atoms. The van der Waals surface area contributed by atoms with Crippen molar-refractivity contribution in [2.24, 2.45) is 11.5 Å². The number of likely N-dealkylation sites (tertiary alicyclic amines) is 1. The molecule has 0 spiro atoms. The zero-order valence-electron chi connectivity index (χ0n) is 19.6. The summed E-state index contributed by atoms with van der Waals surface area (Å²) in [5.74, 6) is -2.08. The first-order chi connectivity index (χ1) is 14.6. The Balaban J connectivity index is 3.09. The number of carbonyl (C=O) groups excluding carboxylic acids is 4. The van der Waals surface area contributed by atoms with Gasteiger partial charge in [0.1, 0.15) is 17.2 Å². The van der Waals surface area contributed by atoms with E-state index in [1.54, 1.807) is 41.5 Å². The summed E-state index contributed by atoms with van der Waals surface area (Å²) in [6.07, 6.45) is -2.89. The highest BCUT2D eigenvalue weighted by molar-refractivity contribution is 5.88. The number of primary amides is 1. The minimum absolute atomic E-state index is 0.110. The highest BCUT2D eigenvalue weighted by Gasteiger charge is 2.50. The van der Waals surface area contributed by atoms with E-state index >= 15 is 0 Å². The maximum Gasteiger partial charge on any atom is 0.413 e. The molecule has 1 saturated heterocycles. The SMILES string of the molecule is CC(C)(C)OC(=O)[C@@H]1C[C@@H](NC(=O)[C@H](CC(N)=O)NCCN)C(O)N1C(=O)OC(C)(C)C. The van der Waals surface area contributed by atoms with Crippen LogP contribution in [0.4, 0.5) is 4.79 Å². The molecule has 0 aliphatic carbocycles. The minimum atomic E-state index is -1.56. The fraction of sp³-hybridized carbons (Fsp3) is 0.800. The van der Waals surface area contributed by atoms with E-state index in [9.17, 15) is 24.3 Å². The highest BCUT2D eigenvalue weighted by atomic mass is 16.6. The summed E-state index contributed by atoms with van der Waals surface area (Å²) >= 11 is 0. The summed E-state index contributed by atoms with van der Waals surface area (Å²) in [7, 11) is 0. The maximum atomic E-state index is 12.8. The van der Waals surface area contributed by atoms with Crippen molar-refractivity contribution in [1.29, 1.82) is 0 Å². The van der Waals surface area contributed by atoms with Gasteiger partial charge in [-0.1, -0.05) is 0 Å². The number of esters is 1. The van der Waals surface area contributed by atoms with Crippen molar-refractivity contribution in [3.8, 4) is 0 Å².